The van der Waals surface area contributed by atoms with Crippen LogP contribution < -0.4 is 4.90 Å². The predicted molar refractivity (Wildman–Crippen MR) is 59.0 cm³/mol. The third-order valence-corrected chi connectivity index (χ3v) is 2.76. The van der Waals surface area contributed by atoms with Crippen LogP contribution in [0.2, 0.25) is 5.02 Å². The fourth-order valence-corrected chi connectivity index (χ4v) is 1.98. The van der Waals surface area contributed by atoms with Gasteiger partial charge in [-0.1, -0.05) is 11.6 Å². The molecule has 0 fully saturated rings. The average Bonchev–Trinajstić information content (AvgIpc) is 2.38. The van der Waals surface area contributed by atoms with E-state index >= 15 is 0 Å². The van der Waals surface area contributed by atoms with Gasteiger partial charge >= 0.3 is 0 Å². The summed E-state index contributed by atoms with van der Waals surface area (Å²) in [4.78, 5) is 2.32. The smallest absolute Gasteiger partial charge is 0.0738 e. The molecule has 0 amide bonds. The highest BCUT2D eigenvalue weighted by Crippen LogP contribution is 2.26. The number of benzene rings is 1. The van der Waals surface area contributed by atoms with Crippen LogP contribution in [0.3, 0.4) is 0 Å². The summed E-state index contributed by atoms with van der Waals surface area (Å²) in [6, 6.07) is 6.01. The summed E-state index contributed by atoms with van der Waals surface area (Å²) < 4.78 is 5.51. The van der Waals surface area contributed by atoms with E-state index in [1.54, 1.807) is 0 Å². The molecular weight excluding hydrogens is 198 g/mol. The number of hydrogen-bond acceptors (Lipinski definition) is 2. The molecule has 0 aromatic heterocycles. The first-order valence-electron chi connectivity index (χ1n) is 4.92. The Morgan fingerprint density at radius 3 is 3.14 bits per heavy atom. The first-order valence-corrected chi connectivity index (χ1v) is 5.30. The lowest BCUT2D eigenvalue weighted by molar-refractivity contribution is 0.132. The molecule has 0 saturated heterocycles. The van der Waals surface area contributed by atoms with E-state index in [1.807, 2.05) is 12.1 Å². The van der Waals surface area contributed by atoms with Crippen molar-refractivity contribution in [2.75, 3.05) is 24.6 Å². The Labute approximate surface area is 89.4 Å². The van der Waals surface area contributed by atoms with E-state index in [1.165, 1.54) is 11.3 Å². The molecule has 1 heterocycles. The van der Waals surface area contributed by atoms with Crippen molar-refractivity contribution < 1.29 is 4.74 Å². The molecule has 0 radical (unpaired) electrons. The van der Waals surface area contributed by atoms with Gasteiger partial charge in [-0.3, -0.25) is 0 Å². The number of fused-ring (bicyclic) bond motifs is 1. The van der Waals surface area contributed by atoms with Crippen LogP contribution in [0.4, 0.5) is 5.69 Å². The molecule has 1 aromatic rings. The zero-order chi connectivity index (χ0) is 9.97. The van der Waals surface area contributed by atoms with Gasteiger partial charge in [-0.25, -0.2) is 0 Å². The quantitative estimate of drug-likeness (QED) is 0.708. The number of anilines is 1. The summed E-state index contributed by atoms with van der Waals surface area (Å²) in [5.74, 6) is 0. The van der Waals surface area contributed by atoms with Crippen molar-refractivity contribution in [1.82, 2.24) is 0 Å². The maximum atomic E-state index is 5.95. The number of hydrogen-bond donors (Lipinski definition) is 0. The van der Waals surface area contributed by atoms with Crippen molar-refractivity contribution in [3.63, 3.8) is 0 Å². The molecule has 0 N–H and O–H groups in total. The van der Waals surface area contributed by atoms with Gasteiger partial charge in [0.15, 0.2) is 0 Å². The molecule has 1 aromatic carbocycles. The molecule has 76 valence electrons. The van der Waals surface area contributed by atoms with Crippen molar-refractivity contribution in [1.29, 1.82) is 0 Å². The van der Waals surface area contributed by atoms with Crippen molar-refractivity contribution in [3.8, 4) is 0 Å². The SMILES string of the molecule is CCN1CCOCc2cc(Cl)ccc21. The van der Waals surface area contributed by atoms with Crippen LogP contribution in [0, 0.1) is 0 Å². The predicted octanol–water partition coefficient (Wildman–Crippen LogP) is 2.70. The first-order chi connectivity index (χ1) is 6.81. The second-order valence-electron chi connectivity index (χ2n) is 3.41. The monoisotopic (exact) mass is 211 g/mol. The Morgan fingerprint density at radius 1 is 1.50 bits per heavy atom. The Bertz CT molecular complexity index is 327. The van der Waals surface area contributed by atoms with Gasteiger partial charge in [-0.05, 0) is 25.1 Å². The normalized spacial score (nSPS) is 16.3. The maximum Gasteiger partial charge on any atom is 0.0738 e. The Kier molecular flexibility index (Phi) is 2.94. The minimum atomic E-state index is 0.673. The average molecular weight is 212 g/mol. The minimum Gasteiger partial charge on any atom is -0.375 e. The molecule has 2 rings (SSSR count). The standard InChI is InChI=1S/C11H14ClNO/c1-2-13-5-6-14-8-9-7-10(12)3-4-11(9)13/h3-4,7H,2,5-6,8H2,1H3. The fourth-order valence-electron chi connectivity index (χ4n) is 1.78. The van der Waals surface area contributed by atoms with E-state index in [2.05, 4.69) is 17.9 Å². The fraction of sp³-hybridized carbons (Fsp3) is 0.455. The molecule has 0 unspecified atom stereocenters. The summed E-state index contributed by atoms with van der Waals surface area (Å²) in [6.45, 7) is 5.60. The van der Waals surface area contributed by atoms with Gasteiger partial charge in [-0.15, -0.1) is 0 Å². The highest BCUT2D eigenvalue weighted by atomic mass is 35.5. The Balaban J connectivity index is 2.39. The molecule has 0 bridgehead atoms. The van der Waals surface area contributed by atoms with Crippen LogP contribution in [0.1, 0.15) is 12.5 Å². The lowest BCUT2D eigenvalue weighted by Gasteiger charge is -2.22. The lowest BCUT2D eigenvalue weighted by Crippen LogP contribution is -2.25. The molecular formula is C11H14ClNO. The number of likely N-dealkylation sites (N-methyl/N-ethyl adjacent to an activating group) is 1. The van der Waals surface area contributed by atoms with Gasteiger partial charge in [0.2, 0.25) is 0 Å². The third-order valence-electron chi connectivity index (χ3n) is 2.53. The zero-order valence-corrected chi connectivity index (χ0v) is 9.05. The molecule has 0 aliphatic carbocycles. The number of halogens is 1. The molecule has 3 heteroatoms. The van der Waals surface area contributed by atoms with Crippen molar-refractivity contribution >= 4 is 17.3 Å². The van der Waals surface area contributed by atoms with Crippen LogP contribution in [-0.4, -0.2) is 19.7 Å². The van der Waals surface area contributed by atoms with Crippen LogP contribution >= 0.6 is 11.6 Å². The van der Waals surface area contributed by atoms with Crippen LogP contribution in [0.25, 0.3) is 0 Å². The molecule has 14 heavy (non-hydrogen) atoms. The third kappa shape index (κ3) is 1.86. The lowest BCUT2D eigenvalue weighted by atomic mass is 10.1. The summed E-state index contributed by atoms with van der Waals surface area (Å²) in [7, 11) is 0. The molecule has 0 spiro atoms. The van der Waals surface area contributed by atoms with Crippen molar-refractivity contribution in [2.24, 2.45) is 0 Å². The van der Waals surface area contributed by atoms with Crippen molar-refractivity contribution in [2.45, 2.75) is 13.5 Å². The Hall–Kier alpha value is -0.730. The van der Waals surface area contributed by atoms with Crippen molar-refractivity contribution in [3.05, 3.63) is 28.8 Å². The van der Waals surface area contributed by atoms with Crippen LogP contribution in [-0.2, 0) is 11.3 Å². The van der Waals surface area contributed by atoms with E-state index in [0.29, 0.717) is 6.61 Å². The largest absolute Gasteiger partial charge is 0.375 e. The van der Waals surface area contributed by atoms with Gasteiger partial charge in [0, 0.05) is 29.4 Å². The van der Waals surface area contributed by atoms with Gasteiger partial charge in [0.1, 0.15) is 0 Å². The summed E-state index contributed by atoms with van der Waals surface area (Å²) in [5.41, 5.74) is 2.45. The second kappa shape index (κ2) is 4.20. The van der Waals surface area contributed by atoms with Gasteiger partial charge in [0.05, 0.1) is 13.2 Å². The summed E-state index contributed by atoms with van der Waals surface area (Å²) in [5, 5.41) is 0.783. The number of ether oxygens (including phenoxy) is 1. The Morgan fingerprint density at radius 2 is 2.36 bits per heavy atom. The molecule has 2 nitrogen and oxygen atoms in total. The van der Waals surface area contributed by atoms with Crippen LogP contribution in [0.15, 0.2) is 18.2 Å². The van der Waals surface area contributed by atoms with Gasteiger partial charge in [-0.2, -0.15) is 0 Å². The molecule has 0 saturated carbocycles. The van der Waals surface area contributed by atoms with E-state index < -0.39 is 0 Å². The number of nitrogens with zero attached hydrogens (tertiary/aromatic N) is 1. The second-order valence-corrected chi connectivity index (χ2v) is 3.84. The van der Waals surface area contributed by atoms with E-state index in [0.717, 1.165) is 24.7 Å². The minimum absolute atomic E-state index is 0.673. The van der Waals surface area contributed by atoms with Gasteiger partial charge < -0.3 is 9.64 Å². The maximum absolute atomic E-state index is 5.95. The molecule has 1 aliphatic rings. The highest BCUT2D eigenvalue weighted by molar-refractivity contribution is 6.30. The van der Waals surface area contributed by atoms with Gasteiger partial charge in [0.25, 0.3) is 0 Å². The van der Waals surface area contributed by atoms with Crippen LogP contribution in [0.5, 0.6) is 0 Å². The highest BCUT2D eigenvalue weighted by Gasteiger charge is 2.13. The molecule has 1 aliphatic heterocycles. The first kappa shape index (κ1) is 9.81. The zero-order valence-electron chi connectivity index (χ0n) is 8.29. The summed E-state index contributed by atoms with van der Waals surface area (Å²) in [6.07, 6.45) is 0. The topological polar surface area (TPSA) is 12.5 Å². The van der Waals surface area contributed by atoms with E-state index in [9.17, 15) is 0 Å². The van der Waals surface area contributed by atoms with E-state index in [-0.39, 0.29) is 0 Å². The van der Waals surface area contributed by atoms with E-state index in [4.69, 9.17) is 16.3 Å². The molecule has 0 atom stereocenters. The summed E-state index contributed by atoms with van der Waals surface area (Å²) >= 11 is 5.95. The number of rotatable bonds is 1.